The van der Waals surface area contributed by atoms with Crippen LogP contribution in [0.4, 0.5) is 4.79 Å². The minimum atomic E-state index is -0.503. The number of nitrogens with one attached hydrogen (secondary N) is 2. The Labute approximate surface area is 118 Å². The highest BCUT2D eigenvalue weighted by Gasteiger charge is 2.16. The summed E-state index contributed by atoms with van der Waals surface area (Å²) in [6.07, 6.45) is 1.32. The van der Waals surface area contributed by atoms with E-state index in [4.69, 9.17) is 4.74 Å². The van der Waals surface area contributed by atoms with Gasteiger partial charge in [-0.2, -0.15) is 0 Å². The van der Waals surface area contributed by atoms with Crippen LogP contribution in [0.5, 0.6) is 0 Å². The van der Waals surface area contributed by atoms with E-state index in [2.05, 4.69) is 21.9 Å². The molecule has 20 heavy (non-hydrogen) atoms. The number of H-pyrrole nitrogens is 1. The number of carbonyl (C=O) groups is 1. The molecule has 1 aromatic heterocycles. The van der Waals surface area contributed by atoms with Crippen LogP contribution >= 0.6 is 0 Å². The minimum absolute atomic E-state index is 0.299. The van der Waals surface area contributed by atoms with Crippen molar-refractivity contribution in [2.24, 2.45) is 0 Å². The SMILES string of the molecule is C=Cc1ccc2nc(CNC(=O)OC(C)(C)C)[nH]c2c1. The lowest BCUT2D eigenvalue weighted by atomic mass is 10.2. The van der Waals surface area contributed by atoms with Gasteiger partial charge in [-0.15, -0.1) is 0 Å². The smallest absolute Gasteiger partial charge is 0.408 e. The molecule has 0 radical (unpaired) electrons. The van der Waals surface area contributed by atoms with Crippen LogP contribution in [0.2, 0.25) is 0 Å². The van der Waals surface area contributed by atoms with Crippen LogP contribution in [-0.2, 0) is 11.3 Å². The van der Waals surface area contributed by atoms with Gasteiger partial charge in [0.2, 0.25) is 0 Å². The molecule has 1 aromatic carbocycles. The first kappa shape index (κ1) is 14.1. The summed E-state index contributed by atoms with van der Waals surface area (Å²) in [5.41, 5.74) is 2.30. The summed E-state index contributed by atoms with van der Waals surface area (Å²) < 4.78 is 5.17. The van der Waals surface area contributed by atoms with Crippen molar-refractivity contribution in [3.63, 3.8) is 0 Å². The van der Waals surface area contributed by atoms with Crippen LogP contribution in [0.15, 0.2) is 24.8 Å². The lowest BCUT2D eigenvalue weighted by molar-refractivity contribution is 0.0522. The van der Waals surface area contributed by atoms with Crippen molar-refractivity contribution in [1.29, 1.82) is 0 Å². The van der Waals surface area contributed by atoms with Crippen LogP contribution in [0.3, 0.4) is 0 Å². The Bertz CT molecular complexity index is 638. The number of hydrogen-bond acceptors (Lipinski definition) is 3. The topological polar surface area (TPSA) is 67.0 Å². The Hall–Kier alpha value is -2.30. The molecule has 1 amide bonds. The summed E-state index contributed by atoms with van der Waals surface area (Å²) in [7, 11) is 0. The first-order chi connectivity index (χ1) is 9.37. The Balaban J connectivity index is 2.03. The molecule has 2 rings (SSSR count). The van der Waals surface area contributed by atoms with Crippen molar-refractivity contribution in [2.75, 3.05) is 0 Å². The van der Waals surface area contributed by atoms with Gasteiger partial charge in [0, 0.05) is 0 Å². The fourth-order valence-corrected chi connectivity index (χ4v) is 1.76. The Morgan fingerprint density at radius 2 is 2.25 bits per heavy atom. The third-order valence-corrected chi connectivity index (χ3v) is 2.59. The maximum Gasteiger partial charge on any atom is 0.408 e. The standard InChI is InChI=1S/C15H19N3O2/c1-5-10-6-7-11-12(8-10)18-13(17-11)9-16-14(19)20-15(2,3)4/h5-8H,1,9H2,2-4H3,(H,16,19)(H,17,18). The molecule has 106 valence electrons. The first-order valence-corrected chi connectivity index (χ1v) is 6.45. The highest BCUT2D eigenvalue weighted by atomic mass is 16.6. The number of carbonyl (C=O) groups excluding carboxylic acids is 1. The number of imidazole rings is 1. The van der Waals surface area contributed by atoms with E-state index in [9.17, 15) is 4.79 Å². The zero-order valence-electron chi connectivity index (χ0n) is 12.0. The van der Waals surface area contributed by atoms with E-state index in [0.717, 1.165) is 16.6 Å². The average Bonchev–Trinajstić information content (AvgIpc) is 2.75. The lowest BCUT2D eigenvalue weighted by Gasteiger charge is -2.19. The van der Waals surface area contributed by atoms with Crippen LogP contribution in [0.1, 0.15) is 32.2 Å². The highest BCUT2D eigenvalue weighted by Crippen LogP contribution is 2.14. The molecule has 1 heterocycles. The first-order valence-electron chi connectivity index (χ1n) is 6.45. The van der Waals surface area contributed by atoms with Crippen LogP contribution < -0.4 is 5.32 Å². The number of rotatable bonds is 3. The number of hydrogen-bond donors (Lipinski definition) is 2. The van der Waals surface area contributed by atoms with Crippen LogP contribution in [0.25, 0.3) is 17.1 Å². The Morgan fingerprint density at radius 1 is 1.50 bits per heavy atom. The number of fused-ring (bicyclic) bond motifs is 1. The molecule has 0 spiro atoms. The normalized spacial score (nSPS) is 11.3. The zero-order chi connectivity index (χ0) is 14.8. The molecule has 0 fully saturated rings. The summed E-state index contributed by atoms with van der Waals surface area (Å²) in [6.45, 7) is 9.50. The molecule has 2 N–H and O–H groups in total. The maximum absolute atomic E-state index is 11.6. The van der Waals surface area contributed by atoms with Gasteiger partial charge in [0.05, 0.1) is 17.6 Å². The number of alkyl carbamates (subject to hydrolysis) is 1. The fraction of sp³-hybridized carbons (Fsp3) is 0.333. The van der Waals surface area contributed by atoms with Crippen molar-refractivity contribution >= 4 is 23.2 Å². The van der Waals surface area contributed by atoms with E-state index >= 15 is 0 Å². The number of amides is 1. The van der Waals surface area contributed by atoms with Crippen molar-refractivity contribution in [3.8, 4) is 0 Å². The van der Waals surface area contributed by atoms with Crippen molar-refractivity contribution < 1.29 is 9.53 Å². The molecule has 0 aliphatic heterocycles. The van der Waals surface area contributed by atoms with Gasteiger partial charge in [-0.3, -0.25) is 0 Å². The molecular weight excluding hydrogens is 254 g/mol. The van der Waals surface area contributed by atoms with E-state index in [1.807, 2.05) is 39.0 Å². The monoisotopic (exact) mass is 273 g/mol. The number of benzene rings is 1. The number of aromatic nitrogens is 2. The Kier molecular flexibility index (Phi) is 3.79. The molecule has 2 aromatic rings. The van der Waals surface area contributed by atoms with Crippen LogP contribution in [0, 0.1) is 0 Å². The van der Waals surface area contributed by atoms with E-state index in [1.54, 1.807) is 6.08 Å². The molecule has 5 nitrogen and oxygen atoms in total. The third kappa shape index (κ3) is 3.60. The Morgan fingerprint density at radius 3 is 2.90 bits per heavy atom. The summed E-state index contributed by atoms with van der Waals surface area (Å²) in [4.78, 5) is 19.1. The molecule has 0 bridgehead atoms. The summed E-state index contributed by atoms with van der Waals surface area (Å²) in [5.74, 6) is 0.687. The lowest BCUT2D eigenvalue weighted by Crippen LogP contribution is -2.32. The van der Waals surface area contributed by atoms with Crippen molar-refractivity contribution in [1.82, 2.24) is 15.3 Å². The van der Waals surface area contributed by atoms with Gasteiger partial charge in [0.15, 0.2) is 0 Å². The predicted molar refractivity (Wildman–Crippen MR) is 79.3 cm³/mol. The van der Waals surface area contributed by atoms with Crippen LogP contribution in [-0.4, -0.2) is 21.7 Å². The fourth-order valence-electron chi connectivity index (χ4n) is 1.76. The van der Waals surface area contributed by atoms with Gasteiger partial charge >= 0.3 is 6.09 Å². The van der Waals surface area contributed by atoms with Gasteiger partial charge in [0.1, 0.15) is 11.4 Å². The maximum atomic E-state index is 11.6. The van der Waals surface area contributed by atoms with E-state index < -0.39 is 11.7 Å². The van der Waals surface area contributed by atoms with Crippen molar-refractivity contribution in [3.05, 3.63) is 36.2 Å². The molecule has 0 saturated carbocycles. The van der Waals surface area contributed by atoms with E-state index in [0.29, 0.717) is 12.4 Å². The average molecular weight is 273 g/mol. The summed E-state index contributed by atoms with van der Waals surface area (Å²) >= 11 is 0. The largest absolute Gasteiger partial charge is 0.444 e. The molecule has 0 unspecified atom stereocenters. The predicted octanol–water partition coefficient (Wildman–Crippen LogP) is 3.23. The summed E-state index contributed by atoms with van der Waals surface area (Å²) in [5, 5.41) is 2.67. The quantitative estimate of drug-likeness (QED) is 0.902. The van der Waals surface area contributed by atoms with Gasteiger partial charge in [-0.1, -0.05) is 18.7 Å². The molecule has 0 aliphatic carbocycles. The number of nitrogens with zero attached hydrogens (tertiary/aromatic N) is 1. The van der Waals surface area contributed by atoms with E-state index in [-0.39, 0.29) is 0 Å². The third-order valence-electron chi connectivity index (χ3n) is 2.59. The highest BCUT2D eigenvalue weighted by molar-refractivity contribution is 5.78. The molecule has 0 atom stereocenters. The van der Waals surface area contributed by atoms with Gasteiger partial charge < -0.3 is 15.0 Å². The number of ether oxygens (including phenoxy) is 1. The van der Waals surface area contributed by atoms with Gasteiger partial charge in [-0.25, -0.2) is 9.78 Å². The molecule has 0 aliphatic rings. The zero-order valence-corrected chi connectivity index (χ0v) is 12.0. The molecular formula is C15H19N3O2. The minimum Gasteiger partial charge on any atom is -0.444 e. The van der Waals surface area contributed by atoms with E-state index in [1.165, 1.54) is 0 Å². The summed E-state index contributed by atoms with van der Waals surface area (Å²) in [6, 6.07) is 5.83. The van der Waals surface area contributed by atoms with Gasteiger partial charge in [0.25, 0.3) is 0 Å². The molecule has 0 saturated heterocycles. The second kappa shape index (κ2) is 5.36. The second-order valence-electron chi connectivity index (χ2n) is 5.52. The van der Waals surface area contributed by atoms with Gasteiger partial charge in [-0.05, 0) is 38.5 Å². The van der Waals surface area contributed by atoms with Crippen molar-refractivity contribution in [2.45, 2.75) is 32.9 Å². The second-order valence-corrected chi connectivity index (χ2v) is 5.52. The molecule has 5 heteroatoms. The number of aromatic amines is 1.